The van der Waals surface area contributed by atoms with Gasteiger partial charge in [0.15, 0.2) is 5.76 Å². The van der Waals surface area contributed by atoms with E-state index in [2.05, 4.69) is 0 Å². The van der Waals surface area contributed by atoms with Crippen molar-refractivity contribution in [3.05, 3.63) is 23.7 Å². The Kier molecular flexibility index (Phi) is 3.37. The van der Waals surface area contributed by atoms with Crippen molar-refractivity contribution in [3.8, 4) is 0 Å². The van der Waals surface area contributed by atoms with E-state index >= 15 is 0 Å². The van der Waals surface area contributed by atoms with Gasteiger partial charge in [0.05, 0.1) is 0 Å². The third-order valence-corrected chi connectivity index (χ3v) is 1.89. The van der Waals surface area contributed by atoms with Gasteiger partial charge in [-0.1, -0.05) is 0 Å². The lowest BCUT2D eigenvalue weighted by Crippen LogP contribution is -2.28. The van der Waals surface area contributed by atoms with Crippen molar-refractivity contribution < 1.29 is 9.21 Å². The molecule has 4 heteroatoms. The molecule has 0 saturated heterocycles. The summed E-state index contributed by atoms with van der Waals surface area (Å²) in [6.07, 6.45) is 0. The zero-order chi connectivity index (χ0) is 9.84. The molecule has 1 amide bonds. The van der Waals surface area contributed by atoms with E-state index in [1.54, 1.807) is 26.1 Å². The molecule has 0 spiro atoms. The number of hydrogen-bond donors (Lipinski definition) is 0. The standard InChI is InChI=1S/C9H12ClNO2/c1-7-3-4-8(13-7)9(12)11(2)6-5-10/h3-4H,5-6H2,1-2H3. The fourth-order valence-corrected chi connectivity index (χ4v) is 1.22. The van der Waals surface area contributed by atoms with Crippen LogP contribution in [0.15, 0.2) is 16.5 Å². The molecule has 0 aliphatic heterocycles. The largest absolute Gasteiger partial charge is 0.456 e. The smallest absolute Gasteiger partial charge is 0.289 e. The predicted octanol–water partition coefficient (Wildman–Crippen LogP) is 1.90. The summed E-state index contributed by atoms with van der Waals surface area (Å²) < 4.78 is 5.18. The lowest BCUT2D eigenvalue weighted by molar-refractivity contribution is 0.0770. The van der Waals surface area contributed by atoms with Crippen LogP contribution in [0.2, 0.25) is 0 Å². The highest BCUT2D eigenvalue weighted by Gasteiger charge is 2.13. The average molecular weight is 202 g/mol. The normalized spacial score (nSPS) is 10.1. The monoisotopic (exact) mass is 201 g/mol. The lowest BCUT2D eigenvalue weighted by Gasteiger charge is -2.13. The van der Waals surface area contributed by atoms with Gasteiger partial charge in [-0.25, -0.2) is 0 Å². The second-order valence-corrected chi connectivity index (χ2v) is 3.20. The summed E-state index contributed by atoms with van der Waals surface area (Å²) in [7, 11) is 1.70. The zero-order valence-corrected chi connectivity index (χ0v) is 8.47. The summed E-state index contributed by atoms with van der Waals surface area (Å²) in [5, 5.41) is 0. The number of rotatable bonds is 3. The number of carbonyl (C=O) groups is 1. The second-order valence-electron chi connectivity index (χ2n) is 2.83. The van der Waals surface area contributed by atoms with Crippen molar-refractivity contribution >= 4 is 17.5 Å². The Morgan fingerprint density at radius 2 is 2.31 bits per heavy atom. The third-order valence-electron chi connectivity index (χ3n) is 1.72. The summed E-state index contributed by atoms with van der Waals surface area (Å²) in [6, 6.07) is 3.43. The van der Waals surface area contributed by atoms with Gasteiger partial charge in [-0.15, -0.1) is 11.6 Å². The Morgan fingerprint density at radius 1 is 1.62 bits per heavy atom. The van der Waals surface area contributed by atoms with E-state index in [1.807, 2.05) is 0 Å². The first-order chi connectivity index (χ1) is 6.15. The van der Waals surface area contributed by atoms with E-state index < -0.39 is 0 Å². The summed E-state index contributed by atoms with van der Waals surface area (Å²) in [5.74, 6) is 1.41. The molecule has 0 fully saturated rings. The second kappa shape index (κ2) is 4.33. The number of amides is 1. The van der Waals surface area contributed by atoms with Crippen LogP contribution in [-0.4, -0.2) is 30.3 Å². The molecule has 72 valence electrons. The molecule has 0 unspecified atom stereocenters. The van der Waals surface area contributed by atoms with Gasteiger partial charge in [0.2, 0.25) is 0 Å². The summed E-state index contributed by atoms with van der Waals surface area (Å²) in [4.78, 5) is 13.1. The van der Waals surface area contributed by atoms with Crippen LogP contribution in [0.4, 0.5) is 0 Å². The molecule has 0 N–H and O–H groups in total. The molecule has 0 radical (unpaired) electrons. The molecule has 3 nitrogen and oxygen atoms in total. The minimum atomic E-state index is -0.131. The summed E-state index contributed by atoms with van der Waals surface area (Å²) in [6.45, 7) is 2.33. The van der Waals surface area contributed by atoms with Gasteiger partial charge in [0.25, 0.3) is 5.91 Å². The molecule has 0 bridgehead atoms. The number of alkyl halides is 1. The number of hydrogen-bond acceptors (Lipinski definition) is 2. The van der Waals surface area contributed by atoms with Crippen molar-refractivity contribution in [2.75, 3.05) is 19.5 Å². The van der Waals surface area contributed by atoms with Crippen molar-refractivity contribution in [3.63, 3.8) is 0 Å². The highest BCUT2D eigenvalue weighted by Crippen LogP contribution is 2.08. The number of furan rings is 1. The highest BCUT2D eigenvalue weighted by atomic mass is 35.5. The predicted molar refractivity (Wildman–Crippen MR) is 51.1 cm³/mol. The fourth-order valence-electron chi connectivity index (χ4n) is 0.966. The van der Waals surface area contributed by atoms with E-state index in [1.165, 1.54) is 4.90 Å². The van der Waals surface area contributed by atoms with Gasteiger partial charge in [0.1, 0.15) is 5.76 Å². The van der Waals surface area contributed by atoms with E-state index in [0.717, 1.165) is 5.76 Å². The van der Waals surface area contributed by atoms with Crippen LogP contribution in [0, 0.1) is 6.92 Å². The summed E-state index contributed by atoms with van der Waals surface area (Å²) in [5.41, 5.74) is 0. The Morgan fingerprint density at radius 3 is 2.77 bits per heavy atom. The van der Waals surface area contributed by atoms with E-state index in [9.17, 15) is 4.79 Å². The Hall–Kier alpha value is -0.960. The van der Waals surface area contributed by atoms with E-state index in [-0.39, 0.29) is 5.91 Å². The Bertz CT molecular complexity index is 296. The quantitative estimate of drug-likeness (QED) is 0.700. The molecule has 0 aromatic carbocycles. The first kappa shape index (κ1) is 10.1. The molecular formula is C9H12ClNO2. The van der Waals surface area contributed by atoms with Gasteiger partial charge >= 0.3 is 0 Å². The van der Waals surface area contributed by atoms with Crippen molar-refractivity contribution in [2.24, 2.45) is 0 Å². The van der Waals surface area contributed by atoms with Crippen molar-refractivity contribution in [1.29, 1.82) is 0 Å². The number of aryl methyl sites for hydroxylation is 1. The maximum atomic E-state index is 11.5. The minimum Gasteiger partial charge on any atom is -0.456 e. The molecule has 0 aliphatic rings. The SMILES string of the molecule is Cc1ccc(C(=O)N(C)CCCl)o1. The van der Waals surface area contributed by atoms with Gasteiger partial charge in [-0.2, -0.15) is 0 Å². The average Bonchev–Trinajstić information content (AvgIpc) is 2.51. The zero-order valence-electron chi connectivity index (χ0n) is 7.71. The molecule has 0 atom stereocenters. The molecule has 1 aromatic heterocycles. The topological polar surface area (TPSA) is 33.5 Å². The number of carbonyl (C=O) groups excluding carboxylic acids is 1. The van der Waals surface area contributed by atoms with Gasteiger partial charge in [0, 0.05) is 19.5 Å². The lowest BCUT2D eigenvalue weighted by atomic mass is 10.4. The van der Waals surface area contributed by atoms with Crippen molar-refractivity contribution in [1.82, 2.24) is 4.90 Å². The molecule has 0 aliphatic carbocycles. The van der Waals surface area contributed by atoms with Crippen LogP contribution in [0.3, 0.4) is 0 Å². The van der Waals surface area contributed by atoms with Crippen LogP contribution in [-0.2, 0) is 0 Å². The first-order valence-corrected chi connectivity index (χ1v) is 4.56. The van der Waals surface area contributed by atoms with Crippen LogP contribution in [0.5, 0.6) is 0 Å². The van der Waals surface area contributed by atoms with Crippen LogP contribution < -0.4 is 0 Å². The summed E-state index contributed by atoms with van der Waals surface area (Å²) >= 11 is 5.51. The molecule has 1 heterocycles. The maximum Gasteiger partial charge on any atom is 0.289 e. The highest BCUT2D eigenvalue weighted by molar-refractivity contribution is 6.18. The molecule has 1 aromatic rings. The Labute approximate surface area is 82.3 Å². The third kappa shape index (κ3) is 2.49. The number of nitrogens with zero attached hydrogens (tertiary/aromatic N) is 1. The Balaban J connectivity index is 2.67. The van der Waals surface area contributed by atoms with Crippen LogP contribution >= 0.6 is 11.6 Å². The van der Waals surface area contributed by atoms with Gasteiger partial charge in [-0.05, 0) is 19.1 Å². The molecule has 0 saturated carbocycles. The van der Waals surface area contributed by atoms with Crippen LogP contribution in [0.25, 0.3) is 0 Å². The van der Waals surface area contributed by atoms with E-state index in [0.29, 0.717) is 18.2 Å². The van der Waals surface area contributed by atoms with Gasteiger partial charge in [-0.3, -0.25) is 4.79 Å². The fraction of sp³-hybridized carbons (Fsp3) is 0.444. The van der Waals surface area contributed by atoms with Gasteiger partial charge < -0.3 is 9.32 Å². The number of halogens is 1. The molecule has 13 heavy (non-hydrogen) atoms. The van der Waals surface area contributed by atoms with Crippen molar-refractivity contribution in [2.45, 2.75) is 6.92 Å². The van der Waals surface area contributed by atoms with Crippen LogP contribution in [0.1, 0.15) is 16.3 Å². The molecule has 1 rings (SSSR count). The minimum absolute atomic E-state index is 0.131. The molecular weight excluding hydrogens is 190 g/mol. The first-order valence-electron chi connectivity index (χ1n) is 4.03. The maximum absolute atomic E-state index is 11.5. The van der Waals surface area contributed by atoms with E-state index in [4.69, 9.17) is 16.0 Å².